The maximum absolute atomic E-state index is 5.99. The molecule has 0 saturated heterocycles. The molecule has 1 aromatic carbocycles. The highest BCUT2D eigenvalue weighted by atomic mass is 35.5. The zero-order valence-corrected chi connectivity index (χ0v) is 14.6. The Morgan fingerprint density at radius 3 is 2.05 bits per heavy atom. The third-order valence-corrected chi connectivity index (χ3v) is 4.08. The Bertz CT molecular complexity index is 408. The van der Waals surface area contributed by atoms with E-state index in [1.54, 1.807) is 7.11 Å². The van der Waals surface area contributed by atoms with Crippen LogP contribution in [0, 0.1) is 0 Å². The summed E-state index contributed by atoms with van der Waals surface area (Å²) in [6, 6.07) is 3.86. The number of hydrogen-bond acceptors (Lipinski definition) is 2. The van der Waals surface area contributed by atoms with E-state index in [1.165, 1.54) is 32.1 Å². The largest absolute Gasteiger partial charge is 0.496 e. The molecule has 0 saturated carbocycles. The molecule has 0 aliphatic carbocycles. The number of rotatable bonds is 11. The number of alkyl halides is 2. The zero-order valence-electron chi connectivity index (χ0n) is 13.1. The van der Waals surface area contributed by atoms with E-state index in [2.05, 4.69) is 6.92 Å². The third kappa shape index (κ3) is 6.36. The molecule has 4 heteroatoms. The second kappa shape index (κ2) is 11.0. The van der Waals surface area contributed by atoms with Crippen LogP contribution in [0.2, 0.25) is 0 Å². The van der Waals surface area contributed by atoms with Crippen molar-refractivity contribution in [2.75, 3.05) is 13.7 Å². The number of methoxy groups -OCH3 is 1. The molecule has 0 aromatic heterocycles. The molecule has 0 spiro atoms. The van der Waals surface area contributed by atoms with Gasteiger partial charge in [-0.05, 0) is 18.6 Å². The molecule has 21 heavy (non-hydrogen) atoms. The second-order valence-electron chi connectivity index (χ2n) is 5.16. The Morgan fingerprint density at radius 1 is 0.857 bits per heavy atom. The van der Waals surface area contributed by atoms with Gasteiger partial charge in [-0.2, -0.15) is 0 Å². The summed E-state index contributed by atoms with van der Waals surface area (Å²) in [6.07, 6.45) is 7.51. The van der Waals surface area contributed by atoms with E-state index in [4.69, 9.17) is 32.7 Å². The first-order valence-corrected chi connectivity index (χ1v) is 8.78. The summed E-state index contributed by atoms with van der Waals surface area (Å²) in [7, 11) is 1.64. The summed E-state index contributed by atoms with van der Waals surface area (Å²) < 4.78 is 11.2. The summed E-state index contributed by atoms with van der Waals surface area (Å²) in [5.41, 5.74) is 1.89. The summed E-state index contributed by atoms with van der Waals surface area (Å²) in [5, 5.41) is 0. The van der Waals surface area contributed by atoms with Gasteiger partial charge in [0.2, 0.25) is 0 Å². The molecular weight excluding hydrogens is 307 g/mol. The van der Waals surface area contributed by atoms with E-state index in [0.717, 1.165) is 35.7 Å². The van der Waals surface area contributed by atoms with Gasteiger partial charge in [-0.25, -0.2) is 0 Å². The molecule has 0 atom stereocenters. The van der Waals surface area contributed by atoms with E-state index in [-0.39, 0.29) is 0 Å². The van der Waals surface area contributed by atoms with E-state index in [1.807, 2.05) is 12.1 Å². The van der Waals surface area contributed by atoms with Crippen molar-refractivity contribution in [3.05, 3.63) is 23.3 Å². The second-order valence-corrected chi connectivity index (χ2v) is 5.69. The van der Waals surface area contributed by atoms with Crippen LogP contribution in [-0.2, 0) is 11.8 Å². The van der Waals surface area contributed by atoms with E-state index in [9.17, 15) is 0 Å². The van der Waals surface area contributed by atoms with Crippen LogP contribution in [0.1, 0.15) is 56.6 Å². The first-order chi connectivity index (χ1) is 10.3. The van der Waals surface area contributed by atoms with Gasteiger partial charge in [-0.3, -0.25) is 0 Å². The first kappa shape index (κ1) is 18.4. The Morgan fingerprint density at radius 2 is 1.43 bits per heavy atom. The average Bonchev–Trinajstić information content (AvgIpc) is 2.53. The van der Waals surface area contributed by atoms with Gasteiger partial charge in [0.1, 0.15) is 11.5 Å². The number of halogens is 2. The van der Waals surface area contributed by atoms with E-state index < -0.39 is 0 Å². The van der Waals surface area contributed by atoms with Gasteiger partial charge in [0, 0.05) is 11.1 Å². The molecule has 120 valence electrons. The van der Waals surface area contributed by atoms with E-state index in [0.29, 0.717) is 11.8 Å². The lowest BCUT2D eigenvalue weighted by Crippen LogP contribution is -2.02. The van der Waals surface area contributed by atoms with Crippen molar-refractivity contribution in [2.45, 2.75) is 57.2 Å². The molecule has 0 N–H and O–H groups in total. The first-order valence-electron chi connectivity index (χ1n) is 7.71. The fraction of sp³-hybridized carbons (Fsp3) is 0.647. The number of unbranched alkanes of at least 4 members (excludes halogenated alkanes) is 5. The normalized spacial score (nSPS) is 10.7. The van der Waals surface area contributed by atoms with Crippen molar-refractivity contribution >= 4 is 23.2 Å². The van der Waals surface area contributed by atoms with Crippen LogP contribution in [-0.4, -0.2) is 13.7 Å². The summed E-state index contributed by atoms with van der Waals surface area (Å²) in [4.78, 5) is 0. The lowest BCUT2D eigenvalue weighted by molar-refractivity contribution is 0.301. The molecule has 0 aliphatic heterocycles. The van der Waals surface area contributed by atoms with E-state index >= 15 is 0 Å². The molecule has 2 nitrogen and oxygen atoms in total. The van der Waals surface area contributed by atoms with Crippen molar-refractivity contribution in [1.82, 2.24) is 0 Å². The number of ether oxygens (including phenoxy) is 2. The fourth-order valence-electron chi connectivity index (χ4n) is 2.24. The van der Waals surface area contributed by atoms with Gasteiger partial charge < -0.3 is 9.47 Å². The predicted molar refractivity (Wildman–Crippen MR) is 91.0 cm³/mol. The maximum Gasteiger partial charge on any atom is 0.124 e. The summed E-state index contributed by atoms with van der Waals surface area (Å²) in [6.45, 7) is 2.96. The SMILES string of the molecule is CCCCCCCCOc1cc(CCl)c(OC)cc1CCl. The minimum absolute atomic E-state index is 0.402. The minimum atomic E-state index is 0.402. The molecule has 1 aromatic rings. The van der Waals surface area contributed by atoms with Crippen molar-refractivity contribution in [3.8, 4) is 11.5 Å². The van der Waals surface area contributed by atoms with Crippen molar-refractivity contribution in [2.24, 2.45) is 0 Å². The quantitative estimate of drug-likeness (QED) is 0.370. The van der Waals surface area contributed by atoms with Crippen LogP contribution in [0.3, 0.4) is 0 Å². The summed E-state index contributed by atoms with van der Waals surface area (Å²) in [5.74, 6) is 2.41. The average molecular weight is 333 g/mol. The molecule has 0 bridgehead atoms. The van der Waals surface area contributed by atoms with Gasteiger partial charge in [0.15, 0.2) is 0 Å². The van der Waals surface area contributed by atoms with Crippen molar-refractivity contribution in [3.63, 3.8) is 0 Å². The van der Waals surface area contributed by atoms with Crippen molar-refractivity contribution in [1.29, 1.82) is 0 Å². The topological polar surface area (TPSA) is 18.5 Å². The Balaban J connectivity index is 2.49. The smallest absolute Gasteiger partial charge is 0.124 e. The standard InChI is InChI=1S/C17H26Cl2O2/c1-3-4-5-6-7-8-9-21-17-11-14(12-18)16(20-2)10-15(17)13-19/h10-11H,3-9,12-13H2,1-2H3. The lowest BCUT2D eigenvalue weighted by atomic mass is 10.1. The third-order valence-electron chi connectivity index (χ3n) is 3.51. The Labute approximate surface area is 138 Å². The lowest BCUT2D eigenvalue weighted by Gasteiger charge is -2.14. The van der Waals surface area contributed by atoms with Gasteiger partial charge >= 0.3 is 0 Å². The molecular formula is C17H26Cl2O2. The number of benzene rings is 1. The van der Waals surface area contributed by atoms with Crippen LogP contribution < -0.4 is 9.47 Å². The van der Waals surface area contributed by atoms with Crippen LogP contribution in [0.25, 0.3) is 0 Å². The maximum atomic E-state index is 5.99. The highest BCUT2D eigenvalue weighted by Crippen LogP contribution is 2.31. The van der Waals surface area contributed by atoms with Gasteiger partial charge in [0.25, 0.3) is 0 Å². The fourth-order valence-corrected chi connectivity index (χ4v) is 2.66. The zero-order chi connectivity index (χ0) is 15.5. The predicted octanol–water partition coefficient (Wildman–Crippen LogP) is 5.91. The monoisotopic (exact) mass is 332 g/mol. The molecule has 0 unspecified atom stereocenters. The van der Waals surface area contributed by atoms with Crippen molar-refractivity contribution < 1.29 is 9.47 Å². The van der Waals surface area contributed by atoms with Gasteiger partial charge in [0.05, 0.1) is 25.5 Å². The number of hydrogen-bond donors (Lipinski definition) is 0. The molecule has 0 amide bonds. The molecule has 0 fully saturated rings. The molecule has 0 heterocycles. The highest BCUT2D eigenvalue weighted by molar-refractivity contribution is 6.18. The minimum Gasteiger partial charge on any atom is -0.496 e. The van der Waals surface area contributed by atoms with Crippen LogP contribution >= 0.6 is 23.2 Å². The molecule has 1 rings (SSSR count). The van der Waals surface area contributed by atoms with Gasteiger partial charge in [-0.15, -0.1) is 23.2 Å². The highest BCUT2D eigenvalue weighted by Gasteiger charge is 2.10. The molecule has 0 radical (unpaired) electrons. The Hall–Kier alpha value is -0.600. The van der Waals surface area contributed by atoms with Crippen LogP contribution in [0.4, 0.5) is 0 Å². The molecule has 0 aliphatic rings. The summed E-state index contributed by atoms with van der Waals surface area (Å²) >= 11 is 11.9. The van der Waals surface area contributed by atoms with Gasteiger partial charge in [-0.1, -0.05) is 39.0 Å². The van der Waals surface area contributed by atoms with Crippen LogP contribution in [0.5, 0.6) is 11.5 Å². The Kier molecular flexibility index (Phi) is 9.69. The van der Waals surface area contributed by atoms with Crippen LogP contribution in [0.15, 0.2) is 12.1 Å².